The zero-order valence-corrected chi connectivity index (χ0v) is 18.0. The number of rotatable bonds is 8. The van der Waals surface area contributed by atoms with Crippen LogP contribution < -0.4 is 25.1 Å². The van der Waals surface area contributed by atoms with E-state index in [1.807, 2.05) is 6.07 Å². The summed E-state index contributed by atoms with van der Waals surface area (Å²) in [6.45, 7) is 1.88. The summed E-state index contributed by atoms with van der Waals surface area (Å²) in [7, 11) is 4.70. The molecule has 1 N–H and O–H groups in total. The average Bonchev–Trinajstić information content (AvgIpc) is 2.79. The van der Waals surface area contributed by atoms with Crippen molar-refractivity contribution in [1.29, 1.82) is 0 Å². The molecule has 8 nitrogen and oxygen atoms in total. The quantitative estimate of drug-likeness (QED) is 0.599. The predicted molar refractivity (Wildman–Crippen MR) is 117 cm³/mol. The van der Waals surface area contributed by atoms with Crippen molar-refractivity contribution in [3.8, 4) is 28.6 Å². The molecule has 0 aliphatic carbocycles. The number of aromatic nitrogens is 2. The Balaban J connectivity index is 1.79. The number of benzene rings is 2. The van der Waals surface area contributed by atoms with Crippen LogP contribution in [0.2, 0.25) is 0 Å². The molecule has 1 amide bonds. The molecule has 0 spiro atoms. The Kier molecular flexibility index (Phi) is 6.92. The van der Waals surface area contributed by atoms with Gasteiger partial charge in [0.15, 0.2) is 11.5 Å². The lowest BCUT2D eigenvalue weighted by Gasteiger charge is -2.14. The maximum atomic E-state index is 12.6. The van der Waals surface area contributed by atoms with Crippen molar-refractivity contribution in [2.75, 3.05) is 21.3 Å². The molecular formula is C23H25N3O5. The van der Waals surface area contributed by atoms with Gasteiger partial charge >= 0.3 is 0 Å². The SMILES string of the molecule is COc1ccc(-c2nc(C)cc(=O)n2CC(=O)NCc2ccc(OC)c(OC)c2)cc1. The Morgan fingerprint density at radius 3 is 2.32 bits per heavy atom. The summed E-state index contributed by atoms with van der Waals surface area (Å²) in [5, 5.41) is 2.83. The first-order chi connectivity index (χ1) is 14.9. The minimum absolute atomic E-state index is 0.152. The number of methoxy groups -OCH3 is 3. The van der Waals surface area contributed by atoms with Crippen molar-refractivity contribution in [3.05, 3.63) is 70.1 Å². The molecule has 2 aromatic carbocycles. The minimum atomic E-state index is -0.308. The molecule has 0 radical (unpaired) electrons. The Morgan fingerprint density at radius 1 is 0.968 bits per heavy atom. The molecule has 0 aliphatic heterocycles. The van der Waals surface area contributed by atoms with E-state index in [-0.39, 0.29) is 24.6 Å². The molecule has 8 heteroatoms. The van der Waals surface area contributed by atoms with Crippen molar-refractivity contribution in [3.63, 3.8) is 0 Å². The molecule has 0 aliphatic rings. The highest BCUT2D eigenvalue weighted by Crippen LogP contribution is 2.27. The van der Waals surface area contributed by atoms with Gasteiger partial charge in [-0.2, -0.15) is 0 Å². The number of hydrogen-bond donors (Lipinski definition) is 1. The first-order valence-corrected chi connectivity index (χ1v) is 9.65. The van der Waals surface area contributed by atoms with Crippen LogP contribution in [0.5, 0.6) is 17.2 Å². The summed E-state index contributed by atoms with van der Waals surface area (Å²) in [5.74, 6) is 2.00. The molecule has 0 bridgehead atoms. The molecule has 1 heterocycles. The third-order valence-corrected chi connectivity index (χ3v) is 4.72. The van der Waals surface area contributed by atoms with Gasteiger partial charge in [-0.3, -0.25) is 14.2 Å². The van der Waals surface area contributed by atoms with Gasteiger partial charge in [0.05, 0.1) is 21.3 Å². The standard InChI is InChI=1S/C23H25N3O5/c1-15-11-22(28)26(23(25-15)17-6-8-18(29-2)9-7-17)14-21(27)24-13-16-5-10-19(30-3)20(12-16)31-4/h5-12H,13-14H2,1-4H3,(H,24,27). The van der Waals surface area contributed by atoms with Crippen LogP contribution in [0.3, 0.4) is 0 Å². The van der Waals surface area contributed by atoms with E-state index in [2.05, 4.69) is 10.3 Å². The van der Waals surface area contributed by atoms with Crippen LogP contribution in [0.15, 0.2) is 53.3 Å². The van der Waals surface area contributed by atoms with E-state index in [0.717, 1.165) is 5.56 Å². The molecule has 0 fully saturated rings. The zero-order chi connectivity index (χ0) is 22.4. The summed E-state index contributed by atoms with van der Waals surface area (Å²) in [4.78, 5) is 29.7. The lowest BCUT2D eigenvalue weighted by Crippen LogP contribution is -2.33. The van der Waals surface area contributed by atoms with Gasteiger partial charge < -0.3 is 19.5 Å². The smallest absolute Gasteiger partial charge is 0.254 e. The number of nitrogens with one attached hydrogen (secondary N) is 1. The number of aryl methyl sites for hydroxylation is 1. The molecule has 0 saturated carbocycles. The highest BCUT2D eigenvalue weighted by molar-refractivity contribution is 5.76. The Bertz CT molecular complexity index is 1120. The molecule has 3 aromatic rings. The first-order valence-electron chi connectivity index (χ1n) is 9.65. The van der Waals surface area contributed by atoms with E-state index in [1.165, 1.54) is 10.6 Å². The van der Waals surface area contributed by atoms with Crippen molar-refractivity contribution in [2.45, 2.75) is 20.0 Å². The molecule has 0 saturated heterocycles. The van der Waals surface area contributed by atoms with Gasteiger partial charge in [-0.1, -0.05) is 6.07 Å². The van der Waals surface area contributed by atoms with Gasteiger partial charge in [-0.25, -0.2) is 4.98 Å². The second-order valence-electron chi connectivity index (χ2n) is 6.84. The Morgan fingerprint density at radius 2 is 1.68 bits per heavy atom. The highest BCUT2D eigenvalue weighted by atomic mass is 16.5. The summed E-state index contributed by atoms with van der Waals surface area (Å²) in [6.07, 6.45) is 0. The van der Waals surface area contributed by atoms with Crippen LogP contribution in [0.25, 0.3) is 11.4 Å². The second kappa shape index (κ2) is 9.80. The van der Waals surface area contributed by atoms with Gasteiger partial charge in [0.2, 0.25) is 5.91 Å². The summed E-state index contributed by atoms with van der Waals surface area (Å²) in [6, 6.07) is 14.0. The van der Waals surface area contributed by atoms with Crippen LogP contribution in [0, 0.1) is 6.92 Å². The normalized spacial score (nSPS) is 10.5. The van der Waals surface area contributed by atoms with E-state index >= 15 is 0 Å². The fourth-order valence-corrected chi connectivity index (χ4v) is 3.12. The van der Waals surface area contributed by atoms with Gasteiger partial charge in [0.1, 0.15) is 18.1 Å². The predicted octanol–water partition coefficient (Wildman–Crippen LogP) is 2.56. The van der Waals surface area contributed by atoms with Crippen LogP contribution in [-0.4, -0.2) is 36.8 Å². The first kappa shape index (κ1) is 21.9. The monoisotopic (exact) mass is 423 g/mol. The maximum absolute atomic E-state index is 12.6. The molecule has 162 valence electrons. The molecule has 31 heavy (non-hydrogen) atoms. The Hall–Kier alpha value is -3.81. The van der Waals surface area contributed by atoms with Crippen LogP contribution >= 0.6 is 0 Å². The largest absolute Gasteiger partial charge is 0.497 e. The molecule has 3 rings (SSSR count). The summed E-state index contributed by atoms with van der Waals surface area (Å²) >= 11 is 0. The second-order valence-corrected chi connectivity index (χ2v) is 6.84. The number of ether oxygens (including phenoxy) is 3. The third kappa shape index (κ3) is 5.22. The molecular weight excluding hydrogens is 398 g/mol. The summed E-state index contributed by atoms with van der Waals surface area (Å²) < 4.78 is 17.1. The lowest BCUT2D eigenvalue weighted by molar-refractivity contribution is -0.121. The lowest BCUT2D eigenvalue weighted by atomic mass is 10.2. The van der Waals surface area contributed by atoms with Crippen LogP contribution in [0.4, 0.5) is 0 Å². The molecule has 1 aromatic heterocycles. The molecule has 0 unspecified atom stereocenters. The van der Waals surface area contributed by atoms with Crippen molar-refractivity contribution >= 4 is 5.91 Å². The van der Waals surface area contributed by atoms with E-state index in [1.54, 1.807) is 64.7 Å². The fourth-order valence-electron chi connectivity index (χ4n) is 3.12. The van der Waals surface area contributed by atoms with Gasteiger partial charge in [0.25, 0.3) is 5.56 Å². The minimum Gasteiger partial charge on any atom is -0.497 e. The van der Waals surface area contributed by atoms with Crippen LogP contribution in [-0.2, 0) is 17.9 Å². The number of hydrogen-bond acceptors (Lipinski definition) is 6. The maximum Gasteiger partial charge on any atom is 0.254 e. The van der Waals surface area contributed by atoms with Crippen molar-refractivity contribution < 1.29 is 19.0 Å². The highest BCUT2D eigenvalue weighted by Gasteiger charge is 2.14. The van der Waals surface area contributed by atoms with E-state index in [0.29, 0.717) is 34.3 Å². The van der Waals surface area contributed by atoms with E-state index in [4.69, 9.17) is 14.2 Å². The number of amides is 1. The topological polar surface area (TPSA) is 91.7 Å². The van der Waals surface area contributed by atoms with Crippen molar-refractivity contribution in [1.82, 2.24) is 14.9 Å². The third-order valence-electron chi connectivity index (χ3n) is 4.72. The number of carbonyl (C=O) groups excluding carboxylic acids is 1. The van der Waals surface area contributed by atoms with E-state index in [9.17, 15) is 9.59 Å². The molecule has 0 atom stereocenters. The number of nitrogens with zero attached hydrogens (tertiary/aromatic N) is 2. The van der Waals surface area contributed by atoms with E-state index < -0.39 is 0 Å². The van der Waals surface area contributed by atoms with Crippen molar-refractivity contribution in [2.24, 2.45) is 0 Å². The fraction of sp³-hybridized carbons (Fsp3) is 0.261. The Labute approximate surface area is 180 Å². The van der Waals surface area contributed by atoms with Gasteiger partial charge in [-0.15, -0.1) is 0 Å². The zero-order valence-electron chi connectivity index (χ0n) is 18.0. The van der Waals surface area contributed by atoms with Gasteiger partial charge in [-0.05, 0) is 48.9 Å². The van der Waals surface area contributed by atoms with Gasteiger partial charge in [0, 0.05) is 23.9 Å². The van der Waals surface area contributed by atoms with Crippen LogP contribution in [0.1, 0.15) is 11.3 Å². The number of carbonyl (C=O) groups is 1. The average molecular weight is 423 g/mol. The summed E-state index contributed by atoms with van der Waals surface area (Å²) in [5.41, 5.74) is 1.85.